The summed E-state index contributed by atoms with van der Waals surface area (Å²) in [5, 5.41) is 6.63. The van der Waals surface area contributed by atoms with Gasteiger partial charge in [-0.05, 0) is 159 Å². The first-order valence-corrected chi connectivity index (χ1v) is 32.3. The van der Waals surface area contributed by atoms with Crippen molar-refractivity contribution >= 4 is 67.5 Å². The topological polar surface area (TPSA) is 208 Å². The van der Waals surface area contributed by atoms with Gasteiger partial charge in [0.05, 0.1) is 113 Å². The number of amides is 2. The molecule has 3 aromatic heterocycles. The van der Waals surface area contributed by atoms with Crippen molar-refractivity contribution < 1.29 is 57.0 Å². The summed E-state index contributed by atoms with van der Waals surface area (Å²) in [5.74, 6) is 1.18. The Balaban J connectivity index is 1.05. The molecule has 4 aromatic carbocycles. The summed E-state index contributed by atoms with van der Waals surface area (Å²) in [4.78, 5) is 48.8. The molecule has 0 radical (unpaired) electrons. The zero-order valence-electron chi connectivity index (χ0n) is 54.2. The van der Waals surface area contributed by atoms with Crippen molar-refractivity contribution in [1.29, 1.82) is 0 Å². The van der Waals surface area contributed by atoms with Gasteiger partial charge in [0.25, 0.3) is 11.8 Å². The number of nitrogens with zero attached hydrogens (tertiary/aromatic N) is 2. The molecule has 2 amide bonds. The fourth-order valence-corrected chi connectivity index (χ4v) is 12.5. The molecule has 0 saturated carbocycles. The van der Waals surface area contributed by atoms with Crippen LogP contribution in [-0.4, -0.2) is 137 Å². The van der Waals surface area contributed by atoms with Crippen LogP contribution in [0, 0.1) is 13.8 Å². The highest BCUT2D eigenvalue weighted by molar-refractivity contribution is 6.11. The number of anilines is 2. The lowest BCUT2D eigenvalue weighted by molar-refractivity contribution is 0.00708. The molecule has 92 heavy (non-hydrogen) atoms. The number of ether oxygens (including phenoxy) is 10. The highest BCUT2D eigenvalue weighted by Crippen LogP contribution is 2.46. The quantitative estimate of drug-likeness (QED) is 0.100. The number of aromatic nitrogens is 4. The number of nitrogens with one attached hydrogen (secondary N) is 4. The Labute approximate surface area is 538 Å². The van der Waals surface area contributed by atoms with Crippen molar-refractivity contribution in [2.45, 2.75) is 81.1 Å². The van der Waals surface area contributed by atoms with Crippen LogP contribution in [0.15, 0.2) is 97.1 Å². The Morgan fingerprint density at radius 2 is 0.750 bits per heavy atom. The monoisotopic (exact) mass is 1250 g/mol. The number of aromatic amines is 2. The molecule has 4 aliphatic rings. The molecule has 482 valence electrons. The van der Waals surface area contributed by atoms with Gasteiger partial charge in [0.1, 0.15) is 26.4 Å². The highest BCUT2D eigenvalue weighted by Gasteiger charge is 2.28. The fraction of sp³-hybridized carbons (Fsp3) is 0.378. The number of carbonyl (C=O) groups excluding carboxylic acids is 2. The van der Waals surface area contributed by atoms with E-state index < -0.39 is 0 Å². The molecular formula is C74H84N6O12. The predicted octanol–water partition coefficient (Wildman–Crippen LogP) is 14.2. The van der Waals surface area contributed by atoms with Crippen LogP contribution in [0.1, 0.15) is 120 Å². The maximum absolute atomic E-state index is 14.8. The Hall–Kier alpha value is -8.62. The van der Waals surface area contributed by atoms with Crippen LogP contribution in [0.4, 0.5) is 11.4 Å². The average molecular weight is 1250 g/mol. The second-order valence-corrected chi connectivity index (χ2v) is 22.8. The van der Waals surface area contributed by atoms with E-state index in [1.165, 1.54) is 0 Å². The minimum Gasteiger partial charge on any atom is -0.487 e. The highest BCUT2D eigenvalue weighted by atomic mass is 16.6. The number of benzene rings is 4. The number of H-pyrrole nitrogens is 2. The zero-order chi connectivity index (χ0) is 64.1. The number of fused-ring (bicyclic) bond motifs is 10. The smallest absolute Gasteiger partial charge is 0.255 e. The van der Waals surface area contributed by atoms with E-state index in [-0.39, 0.29) is 25.0 Å². The SMILES string of the molecule is CCC1=C(C)c2nc1cc1[nH]c(c(C)c1CC)c(-c1ccccc1NC(=O)c1ccc3c(c1)OCCOCCOCCOCCO3)c1nc(cc3[nH]c(c(C)c3CC)c2-c2ccccc2NC(=O)c2ccc3c(c2)OCCOCCOCCOCCO3)C(CC)=C1C. The minimum absolute atomic E-state index is 0.249. The lowest BCUT2D eigenvalue weighted by Gasteiger charge is -2.16. The van der Waals surface area contributed by atoms with Crippen LogP contribution in [0.2, 0.25) is 0 Å². The lowest BCUT2D eigenvalue weighted by Crippen LogP contribution is -2.14. The predicted molar refractivity (Wildman–Crippen MR) is 361 cm³/mol. The molecule has 11 rings (SSSR count). The maximum Gasteiger partial charge on any atom is 0.255 e. The molecule has 7 aromatic rings. The van der Waals surface area contributed by atoms with E-state index in [0.29, 0.717) is 151 Å². The molecule has 18 heteroatoms. The van der Waals surface area contributed by atoms with Gasteiger partial charge in [-0.3, -0.25) is 9.59 Å². The summed E-state index contributed by atoms with van der Waals surface area (Å²) >= 11 is 0. The van der Waals surface area contributed by atoms with E-state index in [1.54, 1.807) is 36.4 Å². The van der Waals surface area contributed by atoms with Crippen LogP contribution >= 0.6 is 0 Å². The Morgan fingerprint density at radius 3 is 1.10 bits per heavy atom. The third-order valence-corrected chi connectivity index (χ3v) is 17.2. The third kappa shape index (κ3) is 14.4. The van der Waals surface area contributed by atoms with E-state index in [2.05, 4.69) is 100 Å². The number of rotatable bonds is 10. The van der Waals surface area contributed by atoms with Gasteiger partial charge in [-0.1, -0.05) is 64.1 Å². The third-order valence-electron chi connectivity index (χ3n) is 17.2. The van der Waals surface area contributed by atoms with Crippen molar-refractivity contribution in [3.63, 3.8) is 0 Å². The van der Waals surface area contributed by atoms with Gasteiger partial charge in [0.15, 0.2) is 23.0 Å². The number of para-hydroxylation sites is 2. The molecule has 4 N–H and O–H groups in total. The Bertz CT molecular complexity index is 3830. The molecule has 7 heterocycles. The normalized spacial score (nSPS) is 15.8. The summed E-state index contributed by atoms with van der Waals surface area (Å²) in [7, 11) is 0. The first kappa shape index (κ1) is 64.9. The minimum atomic E-state index is -0.327. The molecule has 0 saturated heterocycles. The average Bonchev–Trinajstić information content (AvgIpc) is 1.61. The van der Waals surface area contributed by atoms with Crippen LogP contribution in [0.5, 0.6) is 23.0 Å². The van der Waals surface area contributed by atoms with E-state index >= 15 is 0 Å². The molecule has 4 aliphatic heterocycles. The van der Waals surface area contributed by atoms with E-state index in [0.717, 1.165) is 124 Å². The molecule has 0 spiro atoms. The second kappa shape index (κ2) is 30.7. The Kier molecular flexibility index (Phi) is 21.6. The zero-order valence-corrected chi connectivity index (χ0v) is 54.2. The summed E-state index contributed by atoms with van der Waals surface area (Å²) < 4.78 is 58.7. The molecule has 8 bridgehead atoms. The fourth-order valence-electron chi connectivity index (χ4n) is 12.5. The van der Waals surface area contributed by atoms with Gasteiger partial charge in [0.2, 0.25) is 0 Å². The molecule has 0 fully saturated rings. The van der Waals surface area contributed by atoms with Crippen molar-refractivity contribution in [2.75, 3.05) is 116 Å². The lowest BCUT2D eigenvalue weighted by atomic mass is 9.94. The number of allylic oxidation sites excluding steroid dienone is 4. The van der Waals surface area contributed by atoms with Crippen molar-refractivity contribution in [2.24, 2.45) is 0 Å². The molecule has 18 nitrogen and oxygen atoms in total. The van der Waals surface area contributed by atoms with E-state index in [9.17, 15) is 9.59 Å². The summed E-state index contributed by atoms with van der Waals surface area (Å²) in [6.07, 6.45) is 2.85. The van der Waals surface area contributed by atoms with Gasteiger partial charge in [-0.2, -0.15) is 0 Å². The summed E-state index contributed by atoms with van der Waals surface area (Å²) in [5.41, 5.74) is 20.8. The van der Waals surface area contributed by atoms with Gasteiger partial charge < -0.3 is 68.0 Å². The van der Waals surface area contributed by atoms with Crippen molar-refractivity contribution in [3.05, 3.63) is 153 Å². The van der Waals surface area contributed by atoms with E-state index in [1.807, 2.05) is 36.4 Å². The maximum atomic E-state index is 14.8. The summed E-state index contributed by atoms with van der Waals surface area (Å²) in [6, 6.07) is 30.7. The van der Waals surface area contributed by atoms with Crippen LogP contribution in [-0.2, 0) is 41.3 Å². The van der Waals surface area contributed by atoms with Gasteiger partial charge >= 0.3 is 0 Å². The molecular weight excluding hydrogens is 1160 g/mol. The second-order valence-electron chi connectivity index (χ2n) is 22.8. The van der Waals surface area contributed by atoms with Crippen LogP contribution < -0.4 is 29.6 Å². The molecule has 0 aliphatic carbocycles. The van der Waals surface area contributed by atoms with Gasteiger partial charge in [-0.15, -0.1) is 0 Å². The number of hydrogen-bond acceptors (Lipinski definition) is 14. The van der Waals surface area contributed by atoms with Crippen molar-refractivity contribution in [1.82, 2.24) is 19.9 Å². The first-order chi connectivity index (χ1) is 45.0. The van der Waals surface area contributed by atoms with Gasteiger partial charge in [0, 0.05) is 55.8 Å². The van der Waals surface area contributed by atoms with Crippen LogP contribution in [0.3, 0.4) is 0 Å². The largest absolute Gasteiger partial charge is 0.487 e. The van der Waals surface area contributed by atoms with Gasteiger partial charge in [-0.25, -0.2) is 9.97 Å². The first-order valence-electron chi connectivity index (χ1n) is 32.3. The van der Waals surface area contributed by atoms with Crippen molar-refractivity contribution in [3.8, 4) is 45.3 Å². The number of hydrogen-bond donors (Lipinski definition) is 4. The summed E-state index contributed by atoms with van der Waals surface area (Å²) in [6.45, 7) is 23.4. The molecule has 0 atom stereocenters. The standard InChI is InChI=1S/C74H84N6O12/c1-9-51-45(5)69-67(55-17-13-15-19-57(55)79-73(81)49-21-23-63-65(41-49)91-39-35-87-31-27-83-25-29-85-33-37-89-63)70-47(7)53(11-3)61(77-70)44-62-54(12-4)48(8)72(78-62)68(71-46(6)52(10-2)60(76-71)43-59(51)75-69)56-18-14-16-20-58(56)80-74(82)50-22-24-64-66(42-50)92-40-36-88-32-28-84-26-30-86-34-38-90-64/h13-24,41-44,75,78H,9-12,25-40H2,1-8H3,(H,79,81)(H,80,82). The number of aryl methyl sites for hydroxylation is 4. The Morgan fingerprint density at radius 1 is 0.413 bits per heavy atom. The number of carbonyl (C=O) groups is 2. The molecule has 0 unspecified atom stereocenters. The van der Waals surface area contributed by atoms with E-state index in [4.69, 9.17) is 57.3 Å². The van der Waals surface area contributed by atoms with Crippen LogP contribution in [0.25, 0.3) is 66.6 Å².